The molecular weight excluding hydrogens is 248 g/mol. The maximum absolute atomic E-state index is 11.4. The van der Waals surface area contributed by atoms with Crippen LogP contribution in [0.2, 0.25) is 0 Å². The summed E-state index contributed by atoms with van der Waals surface area (Å²) in [5, 5.41) is 3.63. The Morgan fingerprint density at radius 3 is 2.39 bits per heavy atom. The fraction of sp³-hybridized carbons (Fsp3) is 1.00. The second-order valence-corrected chi connectivity index (χ2v) is 7.48. The number of sulfonamides is 1. The summed E-state index contributed by atoms with van der Waals surface area (Å²) >= 11 is 0. The first-order valence-electron chi connectivity index (χ1n) is 7.14. The normalized spacial score (nSPS) is 21.1. The van der Waals surface area contributed by atoms with E-state index in [2.05, 4.69) is 19.2 Å². The Morgan fingerprint density at radius 1 is 1.28 bits per heavy atom. The molecular formula is C13H28N2O2S. The predicted molar refractivity (Wildman–Crippen MR) is 76.2 cm³/mol. The number of nitrogens with one attached hydrogen (secondary N) is 1. The van der Waals surface area contributed by atoms with Gasteiger partial charge in [-0.15, -0.1) is 0 Å². The molecule has 1 aliphatic rings. The van der Waals surface area contributed by atoms with E-state index in [9.17, 15) is 8.42 Å². The van der Waals surface area contributed by atoms with Crippen LogP contribution >= 0.6 is 0 Å². The molecule has 5 heteroatoms. The highest BCUT2D eigenvalue weighted by Gasteiger charge is 2.25. The van der Waals surface area contributed by atoms with E-state index in [1.807, 2.05) is 0 Å². The van der Waals surface area contributed by atoms with Gasteiger partial charge in [-0.25, -0.2) is 12.7 Å². The summed E-state index contributed by atoms with van der Waals surface area (Å²) in [5.41, 5.74) is 0. The third-order valence-corrected chi connectivity index (χ3v) is 4.99. The lowest BCUT2D eigenvalue weighted by Crippen LogP contribution is -2.46. The number of unbranched alkanes of at least 4 members (excludes halogenated alkanes) is 2. The van der Waals surface area contributed by atoms with E-state index in [0.717, 1.165) is 12.8 Å². The maximum Gasteiger partial charge on any atom is 0.211 e. The zero-order valence-corrected chi connectivity index (χ0v) is 12.8. The molecule has 1 saturated heterocycles. The molecule has 0 amide bonds. The molecule has 0 aromatic carbocycles. The van der Waals surface area contributed by atoms with Gasteiger partial charge in [0.25, 0.3) is 0 Å². The van der Waals surface area contributed by atoms with Gasteiger partial charge < -0.3 is 5.32 Å². The smallest absolute Gasteiger partial charge is 0.211 e. The van der Waals surface area contributed by atoms with Gasteiger partial charge >= 0.3 is 0 Å². The van der Waals surface area contributed by atoms with E-state index in [4.69, 9.17) is 0 Å². The minimum absolute atomic E-state index is 0.486. The largest absolute Gasteiger partial charge is 0.311 e. The number of piperidine rings is 1. The summed E-state index contributed by atoms with van der Waals surface area (Å²) in [7, 11) is -2.99. The van der Waals surface area contributed by atoms with Crippen molar-refractivity contribution in [3.8, 4) is 0 Å². The van der Waals surface area contributed by atoms with Crippen LogP contribution in [0, 0.1) is 0 Å². The zero-order chi connectivity index (χ0) is 13.6. The summed E-state index contributed by atoms with van der Waals surface area (Å²) in [6.45, 7) is 5.79. The molecule has 4 nitrogen and oxygen atoms in total. The summed E-state index contributed by atoms with van der Waals surface area (Å²) < 4.78 is 24.4. The first-order chi connectivity index (χ1) is 8.43. The summed E-state index contributed by atoms with van der Waals surface area (Å²) in [5.74, 6) is 0. The molecule has 0 bridgehead atoms. The maximum atomic E-state index is 11.4. The van der Waals surface area contributed by atoms with Crippen molar-refractivity contribution in [3.05, 3.63) is 0 Å². The standard InChI is InChI=1S/C13H28N2O2S/c1-4-5-6-7-12(2)14-13-8-10-15(11-9-13)18(3,16)17/h12-14H,4-11H2,1-3H3. The molecule has 0 radical (unpaired) electrons. The van der Waals surface area contributed by atoms with Crippen molar-refractivity contribution >= 4 is 10.0 Å². The van der Waals surface area contributed by atoms with Crippen molar-refractivity contribution in [1.82, 2.24) is 9.62 Å². The minimum atomic E-state index is -2.99. The lowest BCUT2D eigenvalue weighted by atomic mass is 10.0. The van der Waals surface area contributed by atoms with Crippen molar-refractivity contribution in [2.24, 2.45) is 0 Å². The highest BCUT2D eigenvalue weighted by atomic mass is 32.2. The third-order valence-electron chi connectivity index (χ3n) is 3.68. The lowest BCUT2D eigenvalue weighted by Gasteiger charge is -2.32. The number of rotatable bonds is 7. The topological polar surface area (TPSA) is 49.4 Å². The van der Waals surface area contributed by atoms with Crippen LogP contribution in [0.15, 0.2) is 0 Å². The lowest BCUT2D eigenvalue weighted by molar-refractivity contribution is 0.273. The van der Waals surface area contributed by atoms with Gasteiger partial charge in [-0.05, 0) is 26.2 Å². The van der Waals surface area contributed by atoms with Crippen LogP contribution in [0.1, 0.15) is 52.4 Å². The second kappa shape index (κ2) is 7.46. The average Bonchev–Trinajstić information content (AvgIpc) is 2.29. The Labute approximate surface area is 112 Å². The van der Waals surface area contributed by atoms with E-state index in [0.29, 0.717) is 25.2 Å². The van der Waals surface area contributed by atoms with E-state index < -0.39 is 10.0 Å². The van der Waals surface area contributed by atoms with Crippen LogP contribution in [0.3, 0.4) is 0 Å². The highest BCUT2D eigenvalue weighted by Crippen LogP contribution is 2.14. The van der Waals surface area contributed by atoms with Crippen molar-refractivity contribution in [3.63, 3.8) is 0 Å². The van der Waals surface area contributed by atoms with Crippen molar-refractivity contribution < 1.29 is 8.42 Å². The first kappa shape index (κ1) is 15.9. The fourth-order valence-corrected chi connectivity index (χ4v) is 3.41. The Morgan fingerprint density at radius 2 is 1.89 bits per heavy atom. The van der Waals surface area contributed by atoms with Crippen LogP contribution in [0.4, 0.5) is 0 Å². The molecule has 1 rings (SSSR count). The molecule has 1 fully saturated rings. The van der Waals surface area contributed by atoms with Crippen LogP contribution in [-0.4, -0.2) is 44.2 Å². The van der Waals surface area contributed by atoms with Crippen molar-refractivity contribution in [1.29, 1.82) is 0 Å². The quantitative estimate of drug-likeness (QED) is 0.723. The monoisotopic (exact) mass is 276 g/mol. The third kappa shape index (κ3) is 5.67. The number of hydrogen-bond donors (Lipinski definition) is 1. The van der Waals surface area contributed by atoms with Gasteiger partial charge in [0, 0.05) is 25.2 Å². The van der Waals surface area contributed by atoms with Crippen LogP contribution in [0.25, 0.3) is 0 Å². The van der Waals surface area contributed by atoms with Crippen LogP contribution in [0.5, 0.6) is 0 Å². The van der Waals surface area contributed by atoms with Gasteiger partial charge in [0.1, 0.15) is 0 Å². The zero-order valence-electron chi connectivity index (χ0n) is 12.0. The molecule has 0 aromatic rings. The molecule has 1 unspecified atom stereocenters. The Bertz CT molecular complexity index is 322. The van der Waals surface area contributed by atoms with Gasteiger partial charge in [0.2, 0.25) is 10.0 Å². The first-order valence-corrected chi connectivity index (χ1v) is 8.99. The Kier molecular flexibility index (Phi) is 6.60. The molecule has 0 aliphatic carbocycles. The predicted octanol–water partition coefficient (Wildman–Crippen LogP) is 1.97. The SMILES string of the molecule is CCCCCC(C)NC1CCN(S(C)(=O)=O)CC1. The molecule has 1 N–H and O–H groups in total. The van der Waals surface area contributed by atoms with Gasteiger partial charge in [-0.3, -0.25) is 0 Å². The summed E-state index contributed by atoms with van der Waals surface area (Å²) in [4.78, 5) is 0. The fourth-order valence-electron chi connectivity index (χ4n) is 2.54. The van der Waals surface area contributed by atoms with Gasteiger partial charge in [-0.1, -0.05) is 26.2 Å². The van der Waals surface area contributed by atoms with Crippen LogP contribution in [-0.2, 0) is 10.0 Å². The molecule has 108 valence electrons. The van der Waals surface area contributed by atoms with Crippen LogP contribution < -0.4 is 5.32 Å². The Balaban J connectivity index is 2.23. The average molecular weight is 276 g/mol. The van der Waals surface area contributed by atoms with Gasteiger partial charge in [0.05, 0.1) is 6.26 Å². The number of hydrogen-bond acceptors (Lipinski definition) is 3. The molecule has 0 aromatic heterocycles. The molecule has 1 atom stereocenters. The summed E-state index contributed by atoms with van der Waals surface area (Å²) in [6, 6.07) is 1.03. The van der Waals surface area contributed by atoms with Crippen molar-refractivity contribution in [2.75, 3.05) is 19.3 Å². The molecule has 1 heterocycles. The number of nitrogens with zero attached hydrogens (tertiary/aromatic N) is 1. The van der Waals surface area contributed by atoms with E-state index in [-0.39, 0.29) is 0 Å². The molecule has 0 spiro atoms. The van der Waals surface area contributed by atoms with Crippen molar-refractivity contribution in [2.45, 2.75) is 64.5 Å². The highest BCUT2D eigenvalue weighted by molar-refractivity contribution is 7.88. The van der Waals surface area contributed by atoms with Gasteiger partial charge in [-0.2, -0.15) is 0 Å². The summed E-state index contributed by atoms with van der Waals surface area (Å²) in [6.07, 6.45) is 8.25. The molecule has 0 saturated carbocycles. The molecule has 18 heavy (non-hydrogen) atoms. The minimum Gasteiger partial charge on any atom is -0.311 e. The van der Waals surface area contributed by atoms with E-state index in [1.165, 1.54) is 31.9 Å². The Hall–Kier alpha value is -0.130. The van der Waals surface area contributed by atoms with Gasteiger partial charge in [0.15, 0.2) is 0 Å². The molecule has 1 aliphatic heterocycles. The van der Waals surface area contributed by atoms with E-state index in [1.54, 1.807) is 4.31 Å². The van der Waals surface area contributed by atoms with E-state index >= 15 is 0 Å². The second-order valence-electron chi connectivity index (χ2n) is 5.50.